The third-order valence-electron chi connectivity index (χ3n) is 11.1. The summed E-state index contributed by atoms with van der Waals surface area (Å²) in [6.45, 7) is 4.61. The Morgan fingerprint density at radius 3 is 1.71 bits per heavy atom. The number of fused-ring (bicyclic) bond motifs is 12. The molecule has 0 bridgehead atoms. The van der Waals surface area contributed by atoms with E-state index < -0.39 is 0 Å². The molecule has 8 aromatic carbocycles. The molecule has 0 saturated carbocycles. The Morgan fingerprint density at radius 2 is 0.923 bits per heavy atom. The summed E-state index contributed by atoms with van der Waals surface area (Å²) in [6.07, 6.45) is 0. The first kappa shape index (κ1) is 29.1. The lowest BCUT2D eigenvalue weighted by molar-refractivity contribution is 0.660. The molecule has 0 radical (unpaired) electrons. The highest BCUT2D eigenvalue weighted by molar-refractivity contribution is 6.28. The Balaban J connectivity index is 1.13. The topological polar surface area (TPSA) is 51.8 Å². The van der Waals surface area contributed by atoms with Crippen LogP contribution in [-0.2, 0) is 5.41 Å². The van der Waals surface area contributed by atoms with E-state index in [9.17, 15) is 0 Å². The summed E-state index contributed by atoms with van der Waals surface area (Å²) in [7, 11) is 0. The second kappa shape index (κ2) is 10.7. The van der Waals surface area contributed by atoms with E-state index in [2.05, 4.69) is 135 Å². The SMILES string of the molecule is CC1(C)c2ccccc2-c2ccc(-c3nc(-c4ccccc4)nc(-c4ccc5c(c4)c4ccccc4c4cc6c(cc54)oc4ccccc46)n3)cc21. The molecule has 10 aromatic rings. The van der Waals surface area contributed by atoms with Gasteiger partial charge in [-0.05, 0) is 84.9 Å². The van der Waals surface area contributed by atoms with Crippen molar-refractivity contribution in [3.8, 4) is 45.3 Å². The van der Waals surface area contributed by atoms with Crippen molar-refractivity contribution in [2.24, 2.45) is 0 Å². The summed E-state index contributed by atoms with van der Waals surface area (Å²) in [6, 6.07) is 53.7. The van der Waals surface area contributed by atoms with E-state index in [-0.39, 0.29) is 5.41 Å². The molecule has 0 saturated heterocycles. The van der Waals surface area contributed by atoms with Crippen molar-refractivity contribution >= 4 is 54.3 Å². The molecule has 4 nitrogen and oxygen atoms in total. The van der Waals surface area contributed by atoms with E-state index >= 15 is 0 Å². The predicted octanol–water partition coefficient (Wildman–Crippen LogP) is 12.5. The van der Waals surface area contributed by atoms with E-state index in [0.29, 0.717) is 17.5 Å². The van der Waals surface area contributed by atoms with Gasteiger partial charge < -0.3 is 4.42 Å². The maximum atomic E-state index is 6.36. The van der Waals surface area contributed by atoms with Crippen LogP contribution in [0.2, 0.25) is 0 Å². The van der Waals surface area contributed by atoms with Crippen LogP contribution in [0.1, 0.15) is 25.0 Å². The van der Waals surface area contributed by atoms with E-state index in [1.165, 1.54) is 38.4 Å². The minimum Gasteiger partial charge on any atom is -0.456 e. The van der Waals surface area contributed by atoms with Gasteiger partial charge in [0.1, 0.15) is 11.2 Å². The Labute approximate surface area is 300 Å². The summed E-state index contributed by atoms with van der Waals surface area (Å²) in [5.41, 5.74) is 9.75. The molecule has 0 fully saturated rings. The fourth-order valence-electron chi connectivity index (χ4n) is 8.50. The summed E-state index contributed by atoms with van der Waals surface area (Å²) < 4.78 is 6.36. The second-order valence-electron chi connectivity index (χ2n) is 14.4. The van der Waals surface area contributed by atoms with Crippen LogP contribution in [-0.4, -0.2) is 15.0 Å². The molecule has 0 atom stereocenters. The van der Waals surface area contributed by atoms with Crippen LogP contribution in [0.4, 0.5) is 0 Å². The van der Waals surface area contributed by atoms with Crippen LogP contribution < -0.4 is 0 Å². The van der Waals surface area contributed by atoms with Gasteiger partial charge in [0.15, 0.2) is 17.5 Å². The van der Waals surface area contributed by atoms with Crippen molar-refractivity contribution < 1.29 is 4.42 Å². The molecule has 0 unspecified atom stereocenters. The quantitative estimate of drug-likeness (QED) is 0.176. The average molecular weight is 666 g/mol. The highest BCUT2D eigenvalue weighted by Gasteiger charge is 2.35. The van der Waals surface area contributed by atoms with Crippen LogP contribution in [0.3, 0.4) is 0 Å². The van der Waals surface area contributed by atoms with Crippen molar-refractivity contribution in [1.29, 1.82) is 0 Å². The van der Waals surface area contributed by atoms with Crippen LogP contribution in [0, 0.1) is 0 Å². The van der Waals surface area contributed by atoms with Gasteiger partial charge in [-0.3, -0.25) is 0 Å². The van der Waals surface area contributed by atoms with Gasteiger partial charge in [0.2, 0.25) is 0 Å². The average Bonchev–Trinajstić information content (AvgIpc) is 3.68. The minimum absolute atomic E-state index is 0.129. The number of aromatic nitrogens is 3. The van der Waals surface area contributed by atoms with Gasteiger partial charge in [-0.15, -0.1) is 0 Å². The number of hydrogen-bond donors (Lipinski definition) is 0. The fourth-order valence-corrected chi connectivity index (χ4v) is 8.50. The highest BCUT2D eigenvalue weighted by atomic mass is 16.3. The van der Waals surface area contributed by atoms with Gasteiger partial charge in [-0.25, -0.2) is 15.0 Å². The zero-order chi connectivity index (χ0) is 34.6. The van der Waals surface area contributed by atoms with E-state index in [1.54, 1.807) is 0 Å². The molecule has 0 N–H and O–H groups in total. The largest absolute Gasteiger partial charge is 0.456 e. The molecule has 2 aromatic heterocycles. The van der Waals surface area contributed by atoms with Gasteiger partial charge >= 0.3 is 0 Å². The Hall–Kier alpha value is -6.65. The highest BCUT2D eigenvalue weighted by Crippen LogP contribution is 2.49. The van der Waals surface area contributed by atoms with Gasteiger partial charge in [-0.1, -0.05) is 135 Å². The van der Waals surface area contributed by atoms with Crippen LogP contribution >= 0.6 is 0 Å². The number of nitrogens with zero attached hydrogens (tertiary/aromatic N) is 3. The molecular formula is C48H31N3O. The van der Waals surface area contributed by atoms with Crippen molar-refractivity contribution in [2.45, 2.75) is 19.3 Å². The van der Waals surface area contributed by atoms with Gasteiger partial charge in [-0.2, -0.15) is 0 Å². The van der Waals surface area contributed by atoms with E-state index in [1.807, 2.05) is 30.3 Å². The maximum absolute atomic E-state index is 6.36. The number of para-hydroxylation sites is 1. The normalized spacial score (nSPS) is 13.3. The molecule has 244 valence electrons. The van der Waals surface area contributed by atoms with Crippen molar-refractivity contribution in [3.63, 3.8) is 0 Å². The van der Waals surface area contributed by atoms with Gasteiger partial charge in [0.05, 0.1) is 0 Å². The van der Waals surface area contributed by atoms with Crippen molar-refractivity contribution in [2.75, 3.05) is 0 Å². The predicted molar refractivity (Wildman–Crippen MR) is 213 cm³/mol. The van der Waals surface area contributed by atoms with Gasteiger partial charge in [0.25, 0.3) is 0 Å². The monoisotopic (exact) mass is 665 g/mol. The third-order valence-corrected chi connectivity index (χ3v) is 11.1. The smallest absolute Gasteiger partial charge is 0.164 e. The molecule has 1 aliphatic rings. The fraction of sp³-hybridized carbons (Fsp3) is 0.0625. The zero-order valence-corrected chi connectivity index (χ0v) is 28.7. The second-order valence-corrected chi connectivity index (χ2v) is 14.4. The molecule has 2 heterocycles. The molecule has 11 rings (SSSR count). The summed E-state index contributed by atoms with van der Waals surface area (Å²) >= 11 is 0. The molecular weight excluding hydrogens is 635 g/mol. The summed E-state index contributed by atoms with van der Waals surface area (Å²) in [5.74, 6) is 1.96. The first-order valence-corrected chi connectivity index (χ1v) is 17.8. The van der Waals surface area contributed by atoms with Crippen molar-refractivity contribution in [3.05, 3.63) is 163 Å². The van der Waals surface area contributed by atoms with Crippen molar-refractivity contribution in [1.82, 2.24) is 15.0 Å². The van der Waals surface area contributed by atoms with Crippen LogP contribution in [0.15, 0.2) is 156 Å². The molecule has 0 spiro atoms. The Morgan fingerprint density at radius 1 is 0.365 bits per heavy atom. The molecule has 52 heavy (non-hydrogen) atoms. The number of furan rings is 1. The first-order valence-electron chi connectivity index (χ1n) is 17.8. The zero-order valence-electron chi connectivity index (χ0n) is 28.7. The van der Waals surface area contributed by atoms with Crippen LogP contribution in [0.5, 0.6) is 0 Å². The first-order chi connectivity index (χ1) is 25.5. The minimum atomic E-state index is -0.129. The number of rotatable bonds is 3. The van der Waals surface area contributed by atoms with Crippen LogP contribution in [0.25, 0.3) is 99.5 Å². The van der Waals surface area contributed by atoms with Gasteiger partial charge in [0, 0.05) is 32.9 Å². The maximum Gasteiger partial charge on any atom is 0.164 e. The lowest BCUT2D eigenvalue weighted by Gasteiger charge is -2.21. The number of hydrogen-bond acceptors (Lipinski definition) is 4. The number of benzene rings is 8. The molecule has 0 aliphatic heterocycles. The lowest BCUT2D eigenvalue weighted by Crippen LogP contribution is -2.15. The summed E-state index contributed by atoms with van der Waals surface area (Å²) in [4.78, 5) is 15.4. The summed E-state index contributed by atoms with van der Waals surface area (Å²) in [5, 5.41) is 9.35. The molecule has 4 heteroatoms. The van der Waals surface area contributed by atoms with E-state index in [0.717, 1.165) is 54.8 Å². The molecule has 0 amide bonds. The lowest BCUT2D eigenvalue weighted by atomic mass is 9.82. The Bertz CT molecular complexity index is 3100. The van der Waals surface area contributed by atoms with E-state index in [4.69, 9.17) is 19.4 Å². The Kier molecular flexibility index (Phi) is 5.98. The third kappa shape index (κ3) is 4.18. The standard InChI is InChI=1S/C48H31N3O/c1-48(2)41-18-10-8-16-34(41)35-23-21-30(25-42(35)48)47-50-45(28-12-4-3-5-13-28)49-46(51-47)29-20-22-33-37(24-29)31-14-6-7-15-32(31)38-26-40-36-17-9-11-19-43(36)52-44(40)27-39(33)38/h3-27H,1-2H3. The molecule has 1 aliphatic carbocycles.